The third kappa shape index (κ3) is 5.44. The summed E-state index contributed by atoms with van der Waals surface area (Å²) in [6, 6.07) is 0.470. The second kappa shape index (κ2) is 9.00. The van der Waals surface area contributed by atoms with E-state index in [1.54, 1.807) is 0 Å². The highest BCUT2D eigenvalue weighted by molar-refractivity contribution is 5.81. The van der Waals surface area contributed by atoms with Gasteiger partial charge < -0.3 is 20.5 Å². The molecule has 2 aliphatic carbocycles. The summed E-state index contributed by atoms with van der Waals surface area (Å²) in [5.74, 6) is 2.95. The number of nitrogens with one attached hydrogen (secondary N) is 3. The van der Waals surface area contributed by atoms with Gasteiger partial charge >= 0.3 is 0 Å². The highest BCUT2D eigenvalue weighted by atomic mass is 16.2. The average molecular weight is 361 g/mol. The molecular formula is C18H31N7O. The molecule has 0 bridgehead atoms. The quantitative estimate of drug-likeness (QED) is 0.383. The normalized spacial score (nSPS) is 18.6. The van der Waals surface area contributed by atoms with Crippen LogP contribution in [0.1, 0.15) is 56.6 Å². The van der Waals surface area contributed by atoms with E-state index in [-0.39, 0.29) is 11.8 Å². The highest BCUT2D eigenvalue weighted by Gasteiger charge is 2.29. The molecule has 1 heterocycles. The number of guanidine groups is 1. The van der Waals surface area contributed by atoms with Gasteiger partial charge in [-0.15, -0.1) is 10.2 Å². The van der Waals surface area contributed by atoms with Crippen LogP contribution in [-0.2, 0) is 18.4 Å². The number of rotatable bonds is 7. The summed E-state index contributed by atoms with van der Waals surface area (Å²) in [5.41, 5.74) is 0. The minimum atomic E-state index is 0.181. The van der Waals surface area contributed by atoms with E-state index >= 15 is 0 Å². The number of aromatic nitrogens is 3. The Morgan fingerprint density at radius 2 is 1.85 bits per heavy atom. The van der Waals surface area contributed by atoms with Crippen LogP contribution in [0.5, 0.6) is 0 Å². The van der Waals surface area contributed by atoms with Crippen molar-refractivity contribution in [1.82, 2.24) is 30.7 Å². The Hall–Kier alpha value is -2.12. The fourth-order valence-electron chi connectivity index (χ4n) is 3.19. The van der Waals surface area contributed by atoms with E-state index in [2.05, 4.69) is 31.1 Å². The van der Waals surface area contributed by atoms with Crippen molar-refractivity contribution in [1.29, 1.82) is 0 Å². The lowest BCUT2D eigenvalue weighted by molar-refractivity contribution is -0.122. The number of aryl methyl sites for hydroxylation is 1. The van der Waals surface area contributed by atoms with Crippen LogP contribution in [0.4, 0.5) is 0 Å². The van der Waals surface area contributed by atoms with Gasteiger partial charge in [-0.25, -0.2) is 4.99 Å². The molecule has 8 nitrogen and oxygen atoms in total. The predicted molar refractivity (Wildman–Crippen MR) is 101 cm³/mol. The van der Waals surface area contributed by atoms with Crippen LogP contribution in [0.25, 0.3) is 0 Å². The smallest absolute Gasteiger partial charge is 0.223 e. The zero-order valence-corrected chi connectivity index (χ0v) is 15.9. The molecular weight excluding hydrogens is 330 g/mol. The SMILES string of the molecule is Cc1nnc(CN=C(NCCNC(=O)C2CC2)NC2CCCCC2)n1C. The van der Waals surface area contributed by atoms with E-state index in [1.165, 1.54) is 32.1 Å². The van der Waals surface area contributed by atoms with E-state index in [0.717, 1.165) is 30.5 Å². The summed E-state index contributed by atoms with van der Waals surface area (Å²) in [6.07, 6.45) is 8.29. The number of nitrogens with zero attached hydrogens (tertiary/aromatic N) is 4. The van der Waals surface area contributed by atoms with Crippen LogP contribution in [0.3, 0.4) is 0 Å². The Morgan fingerprint density at radius 3 is 2.50 bits per heavy atom. The first kappa shape index (κ1) is 18.7. The van der Waals surface area contributed by atoms with Crippen molar-refractivity contribution in [3.8, 4) is 0 Å². The number of hydrogen-bond donors (Lipinski definition) is 3. The lowest BCUT2D eigenvalue weighted by Crippen LogP contribution is -2.46. The fraction of sp³-hybridized carbons (Fsp3) is 0.778. The molecule has 0 aromatic carbocycles. The van der Waals surface area contributed by atoms with E-state index in [9.17, 15) is 4.79 Å². The zero-order valence-electron chi connectivity index (χ0n) is 15.9. The van der Waals surface area contributed by atoms with Gasteiger partial charge in [0.1, 0.15) is 12.4 Å². The van der Waals surface area contributed by atoms with Crippen molar-refractivity contribution >= 4 is 11.9 Å². The van der Waals surface area contributed by atoms with Gasteiger partial charge in [0.2, 0.25) is 5.91 Å². The maximum absolute atomic E-state index is 11.7. The Kier molecular flexibility index (Phi) is 6.46. The van der Waals surface area contributed by atoms with E-state index < -0.39 is 0 Å². The van der Waals surface area contributed by atoms with Crippen LogP contribution >= 0.6 is 0 Å². The first-order chi connectivity index (χ1) is 12.6. The second-order valence-corrected chi connectivity index (χ2v) is 7.36. The molecule has 3 rings (SSSR count). The Morgan fingerprint density at radius 1 is 1.12 bits per heavy atom. The number of carbonyl (C=O) groups excluding carboxylic acids is 1. The Labute approximate surface area is 155 Å². The summed E-state index contributed by atoms with van der Waals surface area (Å²) >= 11 is 0. The zero-order chi connectivity index (χ0) is 18.4. The van der Waals surface area contributed by atoms with Gasteiger partial charge in [-0.1, -0.05) is 19.3 Å². The van der Waals surface area contributed by atoms with Crippen LogP contribution < -0.4 is 16.0 Å². The molecule has 2 fully saturated rings. The van der Waals surface area contributed by atoms with Crippen molar-refractivity contribution in [2.45, 2.75) is 64.5 Å². The first-order valence-electron chi connectivity index (χ1n) is 9.81. The van der Waals surface area contributed by atoms with Crippen molar-refractivity contribution in [2.24, 2.45) is 18.0 Å². The number of amides is 1. The van der Waals surface area contributed by atoms with E-state index in [4.69, 9.17) is 0 Å². The van der Waals surface area contributed by atoms with Crippen LogP contribution in [0, 0.1) is 12.8 Å². The van der Waals surface area contributed by atoms with Gasteiger partial charge in [0.25, 0.3) is 0 Å². The van der Waals surface area contributed by atoms with Gasteiger partial charge in [-0.05, 0) is 32.6 Å². The van der Waals surface area contributed by atoms with Crippen LogP contribution in [0.15, 0.2) is 4.99 Å². The Balaban J connectivity index is 1.52. The molecule has 1 aromatic heterocycles. The summed E-state index contributed by atoms with van der Waals surface area (Å²) < 4.78 is 1.96. The minimum absolute atomic E-state index is 0.181. The standard InChI is InChI=1S/C18H31N7O/c1-13-23-24-16(25(13)2)12-21-18(22-15-6-4-3-5-7-15)20-11-10-19-17(26)14-8-9-14/h14-15H,3-12H2,1-2H3,(H,19,26)(H2,20,21,22). The highest BCUT2D eigenvalue weighted by Crippen LogP contribution is 2.28. The number of carbonyl (C=O) groups is 1. The monoisotopic (exact) mass is 361 g/mol. The van der Waals surface area contributed by atoms with Crippen molar-refractivity contribution in [2.75, 3.05) is 13.1 Å². The van der Waals surface area contributed by atoms with E-state index in [1.807, 2.05) is 18.5 Å². The molecule has 144 valence electrons. The third-order valence-corrected chi connectivity index (χ3v) is 5.17. The van der Waals surface area contributed by atoms with Gasteiger partial charge in [0.05, 0.1) is 0 Å². The topological polar surface area (TPSA) is 96.2 Å². The minimum Gasteiger partial charge on any atom is -0.355 e. The molecule has 0 atom stereocenters. The van der Waals surface area contributed by atoms with Gasteiger partial charge in [0, 0.05) is 32.1 Å². The second-order valence-electron chi connectivity index (χ2n) is 7.36. The summed E-state index contributed by atoms with van der Waals surface area (Å²) in [5, 5.41) is 18.1. The molecule has 26 heavy (non-hydrogen) atoms. The number of hydrogen-bond acceptors (Lipinski definition) is 4. The molecule has 0 aliphatic heterocycles. The van der Waals surface area contributed by atoms with Gasteiger partial charge in [-0.3, -0.25) is 4.79 Å². The fourth-order valence-corrected chi connectivity index (χ4v) is 3.19. The van der Waals surface area contributed by atoms with Crippen molar-refractivity contribution in [3.63, 3.8) is 0 Å². The maximum atomic E-state index is 11.7. The molecule has 0 unspecified atom stereocenters. The van der Waals surface area contributed by atoms with Crippen molar-refractivity contribution in [3.05, 3.63) is 11.6 Å². The summed E-state index contributed by atoms with van der Waals surface area (Å²) in [7, 11) is 1.95. The molecule has 2 aliphatic rings. The molecule has 0 spiro atoms. The predicted octanol–water partition coefficient (Wildman–Crippen LogP) is 1.02. The summed E-state index contributed by atoms with van der Waals surface area (Å²) in [4.78, 5) is 16.4. The van der Waals surface area contributed by atoms with Crippen molar-refractivity contribution < 1.29 is 4.79 Å². The summed E-state index contributed by atoms with van der Waals surface area (Å²) in [6.45, 7) is 3.69. The lowest BCUT2D eigenvalue weighted by atomic mass is 9.96. The molecule has 1 amide bonds. The molecule has 3 N–H and O–H groups in total. The average Bonchev–Trinajstić information content (AvgIpc) is 3.45. The van der Waals surface area contributed by atoms with Crippen LogP contribution in [0.2, 0.25) is 0 Å². The number of aliphatic imine (C=N–C) groups is 1. The molecule has 2 saturated carbocycles. The molecule has 0 radical (unpaired) electrons. The molecule has 8 heteroatoms. The largest absolute Gasteiger partial charge is 0.355 e. The van der Waals surface area contributed by atoms with Gasteiger partial charge in [0.15, 0.2) is 11.8 Å². The van der Waals surface area contributed by atoms with Crippen LogP contribution in [-0.4, -0.2) is 45.8 Å². The molecule has 0 saturated heterocycles. The Bertz CT molecular complexity index is 629. The van der Waals surface area contributed by atoms with E-state index in [0.29, 0.717) is 25.7 Å². The third-order valence-electron chi connectivity index (χ3n) is 5.17. The lowest BCUT2D eigenvalue weighted by Gasteiger charge is -2.25. The van der Waals surface area contributed by atoms with Gasteiger partial charge in [-0.2, -0.15) is 0 Å². The maximum Gasteiger partial charge on any atom is 0.223 e. The first-order valence-corrected chi connectivity index (χ1v) is 9.81. The molecule has 1 aromatic rings.